The minimum Gasteiger partial charge on any atom is -0.500 e. The third-order valence-electron chi connectivity index (χ3n) is 1.67. The number of nitro groups is 2. The molecule has 1 rings (SSSR count). The number of nitro benzene ring substituents is 2. The van der Waals surface area contributed by atoms with Gasteiger partial charge in [-0.05, 0) is 0 Å². The maximum Gasteiger partial charge on any atom is 0.321 e. The van der Waals surface area contributed by atoms with E-state index in [9.17, 15) is 25.3 Å². The summed E-state index contributed by atoms with van der Waals surface area (Å²) in [5.74, 6) is -1.04. The first-order chi connectivity index (χ1) is 6.97. The van der Waals surface area contributed by atoms with Crippen LogP contribution in [0.1, 0.15) is 0 Å². The molecule has 15 heavy (non-hydrogen) atoms. The normalized spacial score (nSPS) is 9.67. The molecule has 80 valence electrons. The smallest absolute Gasteiger partial charge is 0.321 e. The van der Waals surface area contributed by atoms with E-state index in [1.807, 2.05) is 0 Å². The van der Waals surface area contributed by atoms with E-state index in [4.69, 9.17) is 0 Å². The number of aromatic hydroxyl groups is 1. The van der Waals surface area contributed by atoms with Gasteiger partial charge in [0.1, 0.15) is 0 Å². The summed E-state index contributed by atoms with van der Waals surface area (Å²) in [6, 6.07) is 1.57. The largest absolute Gasteiger partial charge is 0.500 e. The molecule has 0 unspecified atom stereocenters. The molecular weight excluding hydrogens is 208 g/mol. The summed E-state index contributed by atoms with van der Waals surface area (Å²) in [5, 5.41) is 30.1. The summed E-state index contributed by atoms with van der Waals surface area (Å²) >= 11 is 0. The van der Waals surface area contributed by atoms with Crippen LogP contribution >= 0.6 is 0 Å². The second kappa shape index (κ2) is 3.78. The van der Waals surface area contributed by atoms with Crippen molar-refractivity contribution >= 4 is 11.4 Å². The van der Waals surface area contributed by atoms with Crippen LogP contribution < -0.4 is 4.74 Å². The number of hydrogen-bond donors (Lipinski definition) is 1. The predicted molar refractivity (Wildman–Crippen MR) is 48.0 cm³/mol. The fourth-order valence-electron chi connectivity index (χ4n) is 0.979. The van der Waals surface area contributed by atoms with Crippen molar-refractivity contribution in [3.63, 3.8) is 0 Å². The summed E-state index contributed by atoms with van der Waals surface area (Å²) in [6.45, 7) is 0. The van der Waals surface area contributed by atoms with Crippen molar-refractivity contribution in [1.82, 2.24) is 0 Å². The maximum atomic E-state index is 10.4. The summed E-state index contributed by atoms with van der Waals surface area (Å²) in [4.78, 5) is 19.1. The third-order valence-corrected chi connectivity index (χ3v) is 1.67. The fourth-order valence-corrected chi connectivity index (χ4v) is 0.979. The van der Waals surface area contributed by atoms with E-state index in [2.05, 4.69) is 4.74 Å². The first-order valence-electron chi connectivity index (χ1n) is 3.67. The molecule has 0 atom stereocenters. The number of benzene rings is 1. The zero-order chi connectivity index (χ0) is 11.6. The fraction of sp³-hybridized carbons (Fsp3) is 0.143. The van der Waals surface area contributed by atoms with Crippen LogP contribution in [0.4, 0.5) is 11.4 Å². The highest BCUT2D eigenvalue weighted by atomic mass is 16.6. The Hall–Kier alpha value is -2.38. The first kappa shape index (κ1) is 10.7. The second-order valence-corrected chi connectivity index (χ2v) is 2.53. The molecule has 0 saturated heterocycles. The Balaban J connectivity index is 3.45. The van der Waals surface area contributed by atoms with Gasteiger partial charge in [0.25, 0.3) is 5.69 Å². The number of phenolic OH excluding ortho intramolecular Hbond substituents is 1. The summed E-state index contributed by atoms with van der Waals surface area (Å²) < 4.78 is 4.57. The van der Waals surface area contributed by atoms with Crippen LogP contribution in [0, 0.1) is 20.2 Å². The number of methoxy groups -OCH3 is 1. The lowest BCUT2D eigenvalue weighted by Crippen LogP contribution is -1.95. The SMILES string of the molecule is COc1cc([N+](=O)[O-])cc([N+](=O)[O-])c1O. The molecule has 8 nitrogen and oxygen atoms in total. The van der Waals surface area contributed by atoms with E-state index in [1.165, 1.54) is 0 Å². The number of phenols is 1. The van der Waals surface area contributed by atoms with Gasteiger partial charge < -0.3 is 9.84 Å². The Bertz CT molecular complexity index is 430. The molecule has 0 heterocycles. The number of hydrogen-bond acceptors (Lipinski definition) is 6. The summed E-state index contributed by atoms with van der Waals surface area (Å²) in [7, 11) is 1.14. The van der Waals surface area contributed by atoms with Gasteiger partial charge in [0.05, 0.1) is 29.1 Å². The lowest BCUT2D eigenvalue weighted by Gasteiger charge is -2.02. The predicted octanol–water partition coefficient (Wildman–Crippen LogP) is 1.22. The van der Waals surface area contributed by atoms with E-state index in [-0.39, 0.29) is 5.75 Å². The number of rotatable bonds is 3. The van der Waals surface area contributed by atoms with Crippen LogP contribution in [0.25, 0.3) is 0 Å². The highest BCUT2D eigenvalue weighted by molar-refractivity contribution is 5.61. The van der Waals surface area contributed by atoms with Gasteiger partial charge in [0.15, 0.2) is 5.75 Å². The van der Waals surface area contributed by atoms with Gasteiger partial charge in [0, 0.05) is 0 Å². The van der Waals surface area contributed by atoms with E-state index >= 15 is 0 Å². The molecule has 0 aromatic heterocycles. The zero-order valence-electron chi connectivity index (χ0n) is 7.54. The zero-order valence-corrected chi connectivity index (χ0v) is 7.54. The monoisotopic (exact) mass is 214 g/mol. The van der Waals surface area contributed by atoms with Crippen molar-refractivity contribution in [2.75, 3.05) is 7.11 Å². The molecule has 0 aliphatic rings. The molecule has 1 N–H and O–H groups in total. The highest BCUT2D eigenvalue weighted by Crippen LogP contribution is 2.39. The Morgan fingerprint density at radius 2 is 1.87 bits per heavy atom. The van der Waals surface area contributed by atoms with Gasteiger partial charge >= 0.3 is 5.69 Å². The van der Waals surface area contributed by atoms with Crippen molar-refractivity contribution in [3.05, 3.63) is 32.4 Å². The van der Waals surface area contributed by atoms with Crippen molar-refractivity contribution in [2.45, 2.75) is 0 Å². The van der Waals surface area contributed by atoms with Crippen molar-refractivity contribution < 1.29 is 19.7 Å². The lowest BCUT2D eigenvalue weighted by molar-refractivity contribution is -0.394. The topological polar surface area (TPSA) is 116 Å². The molecule has 0 aliphatic heterocycles. The molecule has 0 radical (unpaired) electrons. The molecular formula is C7H6N2O6. The molecule has 1 aromatic rings. The molecule has 0 saturated carbocycles. The van der Waals surface area contributed by atoms with Crippen molar-refractivity contribution in [3.8, 4) is 11.5 Å². The molecule has 0 fully saturated rings. The first-order valence-corrected chi connectivity index (χ1v) is 3.67. The van der Waals surface area contributed by atoms with Crippen LogP contribution in [0.15, 0.2) is 12.1 Å². The van der Waals surface area contributed by atoms with Crippen molar-refractivity contribution in [2.24, 2.45) is 0 Å². The van der Waals surface area contributed by atoms with E-state index in [0.717, 1.165) is 13.2 Å². The standard InChI is InChI=1S/C7H6N2O6/c1-15-6-3-4(8(11)12)2-5(7(6)10)9(13)14/h2-3,10H,1H3. The minimum absolute atomic E-state index is 0.309. The van der Waals surface area contributed by atoms with Gasteiger partial charge in [-0.3, -0.25) is 20.2 Å². The average Bonchev–Trinajstić information content (AvgIpc) is 2.17. The molecule has 0 bridgehead atoms. The van der Waals surface area contributed by atoms with Gasteiger partial charge in [-0.1, -0.05) is 0 Å². The van der Waals surface area contributed by atoms with Crippen LogP contribution in [-0.4, -0.2) is 22.1 Å². The molecule has 0 aliphatic carbocycles. The van der Waals surface area contributed by atoms with Gasteiger partial charge in [-0.2, -0.15) is 0 Å². The van der Waals surface area contributed by atoms with Gasteiger partial charge in [0.2, 0.25) is 5.75 Å². The number of ether oxygens (including phenoxy) is 1. The Morgan fingerprint density at radius 3 is 2.27 bits per heavy atom. The Labute approximate surface area is 83.0 Å². The molecule has 1 aromatic carbocycles. The molecule has 8 heteroatoms. The van der Waals surface area contributed by atoms with Crippen LogP contribution in [0.2, 0.25) is 0 Å². The molecule has 0 spiro atoms. The van der Waals surface area contributed by atoms with Gasteiger partial charge in [-0.25, -0.2) is 0 Å². The summed E-state index contributed by atoms with van der Waals surface area (Å²) in [5.41, 5.74) is -1.28. The minimum atomic E-state index is -0.926. The quantitative estimate of drug-likeness (QED) is 0.597. The number of non-ortho nitro benzene ring substituents is 1. The Morgan fingerprint density at radius 1 is 1.27 bits per heavy atom. The Kier molecular flexibility index (Phi) is 2.70. The van der Waals surface area contributed by atoms with E-state index in [1.54, 1.807) is 0 Å². The lowest BCUT2D eigenvalue weighted by atomic mass is 10.2. The van der Waals surface area contributed by atoms with E-state index in [0.29, 0.717) is 6.07 Å². The van der Waals surface area contributed by atoms with Crippen LogP contribution in [-0.2, 0) is 0 Å². The van der Waals surface area contributed by atoms with E-state index < -0.39 is 27.0 Å². The average molecular weight is 214 g/mol. The maximum absolute atomic E-state index is 10.4. The van der Waals surface area contributed by atoms with Crippen molar-refractivity contribution in [1.29, 1.82) is 0 Å². The third kappa shape index (κ3) is 1.93. The summed E-state index contributed by atoms with van der Waals surface area (Å²) in [6.07, 6.45) is 0. The van der Waals surface area contributed by atoms with Crippen LogP contribution in [0.3, 0.4) is 0 Å². The highest BCUT2D eigenvalue weighted by Gasteiger charge is 2.24. The van der Waals surface area contributed by atoms with Crippen LogP contribution in [0.5, 0.6) is 11.5 Å². The number of nitrogens with zero attached hydrogens (tertiary/aromatic N) is 2. The second-order valence-electron chi connectivity index (χ2n) is 2.53. The van der Waals surface area contributed by atoms with Gasteiger partial charge in [-0.15, -0.1) is 0 Å². The molecule has 0 amide bonds.